The SMILES string of the molecule is CNC(=O)C(Nc1nc(CN2CCOCC2)nc2sc(C)c(C)c12)C(C)C. The van der Waals surface area contributed by atoms with Crippen molar-refractivity contribution < 1.29 is 9.53 Å². The van der Waals surface area contributed by atoms with Gasteiger partial charge >= 0.3 is 0 Å². The number of nitrogens with zero attached hydrogens (tertiary/aromatic N) is 3. The molecule has 3 rings (SSSR count). The van der Waals surface area contributed by atoms with E-state index in [4.69, 9.17) is 14.7 Å². The van der Waals surface area contributed by atoms with Crippen LogP contribution >= 0.6 is 11.3 Å². The Morgan fingerprint density at radius 3 is 2.59 bits per heavy atom. The molecular weight excluding hydrogens is 362 g/mol. The standard InChI is InChI=1S/C19H29N5O2S/c1-11(2)16(18(25)20-5)23-17-15-12(3)13(4)27-19(15)22-14(21-17)10-24-6-8-26-9-7-24/h11,16H,6-10H2,1-5H3,(H,20,25)(H,21,22,23). The molecule has 1 aliphatic heterocycles. The number of carbonyl (C=O) groups is 1. The molecule has 1 unspecified atom stereocenters. The van der Waals surface area contributed by atoms with Crippen LogP contribution in [-0.4, -0.2) is 60.2 Å². The molecule has 27 heavy (non-hydrogen) atoms. The molecule has 0 aromatic carbocycles. The van der Waals surface area contributed by atoms with E-state index in [2.05, 4.69) is 29.4 Å². The van der Waals surface area contributed by atoms with E-state index in [0.29, 0.717) is 6.54 Å². The van der Waals surface area contributed by atoms with E-state index in [-0.39, 0.29) is 17.9 Å². The molecule has 2 N–H and O–H groups in total. The van der Waals surface area contributed by atoms with Crippen molar-refractivity contribution in [1.29, 1.82) is 0 Å². The van der Waals surface area contributed by atoms with Crippen molar-refractivity contribution in [1.82, 2.24) is 20.2 Å². The van der Waals surface area contributed by atoms with Gasteiger partial charge in [-0.3, -0.25) is 9.69 Å². The second-order valence-corrected chi connectivity index (χ2v) is 8.52. The number of rotatable bonds is 6. The number of carbonyl (C=O) groups excluding carboxylic acids is 1. The summed E-state index contributed by atoms with van der Waals surface area (Å²) in [7, 11) is 1.67. The van der Waals surface area contributed by atoms with Gasteiger partial charge in [0, 0.05) is 25.0 Å². The molecule has 2 aromatic rings. The average Bonchev–Trinajstić information content (AvgIpc) is 2.93. The first-order chi connectivity index (χ1) is 12.9. The topological polar surface area (TPSA) is 79.4 Å². The van der Waals surface area contributed by atoms with E-state index in [1.54, 1.807) is 18.4 Å². The third kappa shape index (κ3) is 4.39. The Balaban J connectivity index is 1.98. The zero-order valence-electron chi connectivity index (χ0n) is 16.8. The highest BCUT2D eigenvalue weighted by Gasteiger charge is 2.24. The molecule has 3 heterocycles. The van der Waals surface area contributed by atoms with Crippen LogP contribution in [0.4, 0.5) is 5.82 Å². The Labute approximate surface area is 164 Å². The maximum atomic E-state index is 12.3. The Bertz CT molecular complexity index is 814. The minimum Gasteiger partial charge on any atom is -0.379 e. The first-order valence-corrected chi connectivity index (χ1v) is 10.3. The average molecular weight is 392 g/mol. The lowest BCUT2D eigenvalue weighted by Crippen LogP contribution is -2.41. The molecule has 8 heteroatoms. The van der Waals surface area contributed by atoms with Crippen molar-refractivity contribution in [3.8, 4) is 0 Å². The molecule has 0 radical (unpaired) electrons. The highest BCUT2D eigenvalue weighted by molar-refractivity contribution is 7.18. The molecule has 0 aliphatic carbocycles. The zero-order valence-corrected chi connectivity index (χ0v) is 17.6. The Morgan fingerprint density at radius 1 is 1.26 bits per heavy atom. The van der Waals surface area contributed by atoms with Gasteiger partial charge in [0.25, 0.3) is 0 Å². The number of ether oxygens (including phenoxy) is 1. The molecular formula is C19H29N5O2S. The number of anilines is 1. The Kier molecular flexibility index (Phi) is 6.29. The minimum absolute atomic E-state index is 0.0314. The van der Waals surface area contributed by atoms with Gasteiger partial charge in [-0.2, -0.15) is 0 Å². The van der Waals surface area contributed by atoms with Gasteiger partial charge in [0.05, 0.1) is 25.1 Å². The molecule has 0 spiro atoms. The maximum Gasteiger partial charge on any atom is 0.242 e. The fourth-order valence-electron chi connectivity index (χ4n) is 3.27. The van der Waals surface area contributed by atoms with Crippen LogP contribution in [0.15, 0.2) is 0 Å². The highest BCUT2D eigenvalue weighted by atomic mass is 32.1. The van der Waals surface area contributed by atoms with Gasteiger partial charge in [-0.1, -0.05) is 13.8 Å². The number of aryl methyl sites for hydroxylation is 2. The lowest BCUT2D eigenvalue weighted by atomic mass is 10.0. The number of nitrogens with one attached hydrogen (secondary N) is 2. The van der Waals surface area contributed by atoms with Crippen LogP contribution in [-0.2, 0) is 16.1 Å². The molecule has 2 aromatic heterocycles. The summed E-state index contributed by atoms with van der Waals surface area (Å²) in [4.78, 5) is 26.5. The molecule has 0 saturated carbocycles. The number of hydrogen-bond donors (Lipinski definition) is 2. The summed E-state index contributed by atoms with van der Waals surface area (Å²) in [6.45, 7) is 12.2. The van der Waals surface area contributed by atoms with Crippen LogP contribution in [0.3, 0.4) is 0 Å². The van der Waals surface area contributed by atoms with Gasteiger partial charge in [-0.25, -0.2) is 9.97 Å². The molecule has 1 saturated heterocycles. The number of fused-ring (bicyclic) bond motifs is 1. The summed E-state index contributed by atoms with van der Waals surface area (Å²) < 4.78 is 5.43. The highest BCUT2D eigenvalue weighted by Crippen LogP contribution is 2.34. The summed E-state index contributed by atoms with van der Waals surface area (Å²) >= 11 is 1.68. The van der Waals surface area contributed by atoms with Crippen LogP contribution in [0.1, 0.15) is 30.1 Å². The van der Waals surface area contributed by atoms with Crippen molar-refractivity contribution in [2.24, 2.45) is 5.92 Å². The van der Waals surface area contributed by atoms with Gasteiger partial charge in [-0.15, -0.1) is 11.3 Å². The van der Waals surface area contributed by atoms with Crippen LogP contribution in [0.25, 0.3) is 10.2 Å². The van der Waals surface area contributed by atoms with Crippen LogP contribution in [0.2, 0.25) is 0 Å². The van der Waals surface area contributed by atoms with E-state index in [1.165, 1.54) is 10.4 Å². The number of thiophene rings is 1. The van der Waals surface area contributed by atoms with E-state index in [9.17, 15) is 4.79 Å². The number of likely N-dealkylation sites (N-methyl/N-ethyl adjacent to an activating group) is 1. The third-order valence-corrected chi connectivity index (χ3v) is 6.13. The molecule has 7 nitrogen and oxygen atoms in total. The van der Waals surface area contributed by atoms with Crippen LogP contribution in [0, 0.1) is 19.8 Å². The van der Waals surface area contributed by atoms with Crippen molar-refractivity contribution in [2.45, 2.75) is 40.3 Å². The molecule has 1 amide bonds. The van der Waals surface area contributed by atoms with E-state index in [0.717, 1.165) is 48.2 Å². The fourth-order valence-corrected chi connectivity index (χ4v) is 4.31. The number of hydrogen-bond acceptors (Lipinski definition) is 7. The summed E-state index contributed by atoms with van der Waals surface area (Å²) in [5.41, 5.74) is 1.18. The summed E-state index contributed by atoms with van der Waals surface area (Å²) in [6.07, 6.45) is 0. The fraction of sp³-hybridized carbons (Fsp3) is 0.632. The van der Waals surface area contributed by atoms with Gasteiger partial charge in [0.1, 0.15) is 22.5 Å². The molecule has 1 atom stereocenters. The normalized spacial score (nSPS) is 16.7. The summed E-state index contributed by atoms with van der Waals surface area (Å²) in [5, 5.41) is 7.18. The van der Waals surface area contributed by atoms with E-state index in [1.807, 2.05) is 13.8 Å². The van der Waals surface area contributed by atoms with Gasteiger partial charge in [-0.05, 0) is 25.3 Å². The molecule has 148 valence electrons. The number of morpholine rings is 1. The van der Waals surface area contributed by atoms with Crippen molar-refractivity contribution in [3.05, 3.63) is 16.3 Å². The van der Waals surface area contributed by atoms with Crippen molar-refractivity contribution in [2.75, 3.05) is 38.7 Å². The van der Waals surface area contributed by atoms with Gasteiger partial charge in [0.15, 0.2) is 0 Å². The zero-order chi connectivity index (χ0) is 19.6. The minimum atomic E-state index is -0.344. The Morgan fingerprint density at radius 2 is 1.96 bits per heavy atom. The van der Waals surface area contributed by atoms with E-state index < -0.39 is 0 Å². The summed E-state index contributed by atoms with van der Waals surface area (Å²) in [6, 6.07) is -0.344. The smallest absolute Gasteiger partial charge is 0.242 e. The summed E-state index contributed by atoms with van der Waals surface area (Å²) in [5.74, 6) is 1.65. The van der Waals surface area contributed by atoms with Crippen LogP contribution < -0.4 is 10.6 Å². The van der Waals surface area contributed by atoms with Crippen LogP contribution in [0.5, 0.6) is 0 Å². The van der Waals surface area contributed by atoms with Crippen molar-refractivity contribution >= 4 is 33.3 Å². The quantitative estimate of drug-likeness (QED) is 0.787. The first-order valence-electron chi connectivity index (χ1n) is 9.45. The molecule has 1 aliphatic rings. The number of amides is 1. The Hall–Kier alpha value is -1.77. The monoisotopic (exact) mass is 391 g/mol. The van der Waals surface area contributed by atoms with Crippen molar-refractivity contribution in [3.63, 3.8) is 0 Å². The lowest BCUT2D eigenvalue weighted by molar-refractivity contribution is -0.122. The first kappa shape index (κ1) is 20.0. The second-order valence-electron chi connectivity index (χ2n) is 7.32. The van der Waals surface area contributed by atoms with E-state index >= 15 is 0 Å². The lowest BCUT2D eigenvalue weighted by Gasteiger charge is -2.26. The maximum absolute atomic E-state index is 12.3. The number of aromatic nitrogens is 2. The second kappa shape index (κ2) is 8.50. The predicted molar refractivity (Wildman–Crippen MR) is 109 cm³/mol. The predicted octanol–water partition coefficient (Wildman–Crippen LogP) is 2.32. The third-order valence-electron chi connectivity index (χ3n) is 5.03. The molecule has 0 bridgehead atoms. The molecule has 1 fully saturated rings. The van der Waals surface area contributed by atoms with Gasteiger partial charge in [0.2, 0.25) is 5.91 Å². The largest absolute Gasteiger partial charge is 0.379 e. The van der Waals surface area contributed by atoms with Gasteiger partial charge < -0.3 is 15.4 Å².